The summed E-state index contributed by atoms with van der Waals surface area (Å²) in [5.41, 5.74) is 0. The smallest absolute Gasteiger partial charge is 0.240 e. The average Bonchev–Trinajstić information content (AvgIpc) is 2.76. The van der Waals surface area contributed by atoms with Crippen LogP contribution in [0.2, 0.25) is 0 Å². The van der Waals surface area contributed by atoms with Crippen molar-refractivity contribution in [1.29, 1.82) is 5.26 Å². The standard InChI is InChI=1S/C11H8BrN3OS/c12-8-3-1-2-4-9(8)17-7-10-14-11(5-6-13)16-15-10/h1-4H,5,7H2. The Kier molecular flexibility index (Phi) is 4.18. The van der Waals surface area contributed by atoms with E-state index in [2.05, 4.69) is 26.1 Å². The Hall–Kier alpha value is -1.32. The highest BCUT2D eigenvalue weighted by atomic mass is 79.9. The molecule has 0 bridgehead atoms. The molecule has 0 atom stereocenters. The van der Waals surface area contributed by atoms with Gasteiger partial charge in [-0.05, 0) is 28.1 Å². The van der Waals surface area contributed by atoms with Gasteiger partial charge in [-0.15, -0.1) is 11.8 Å². The van der Waals surface area contributed by atoms with Gasteiger partial charge in [-0.3, -0.25) is 0 Å². The van der Waals surface area contributed by atoms with Crippen molar-refractivity contribution in [3.05, 3.63) is 40.5 Å². The van der Waals surface area contributed by atoms with E-state index in [1.54, 1.807) is 11.8 Å². The van der Waals surface area contributed by atoms with Gasteiger partial charge in [0.15, 0.2) is 5.82 Å². The predicted molar refractivity (Wildman–Crippen MR) is 67.3 cm³/mol. The lowest BCUT2D eigenvalue weighted by atomic mass is 10.4. The summed E-state index contributed by atoms with van der Waals surface area (Å²) in [5.74, 6) is 1.60. The van der Waals surface area contributed by atoms with Crippen LogP contribution in [-0.4, -0.2) is 10.1 Å². The largest absolute Gasteiger partial charge is 0.338 e. The second-order valence-corrected chi connectivity index (χ2v) is 5.03. The van der Waals surface area contributed by atoms with Crippen LogP contribution in [0.3, 0.4) is 0 Å². The Morgan fingerprint density at radius 3 is 3.00 bits per heavy atom. The molecule has 0 radical (unpaired) electrons. The summed E-state index contributed by atoms with van der Waals surface area (Å²) in [6, 6.07) is 9.92. The van der Waals surface area contributed by atoms with Crippen molar-refractivity contribution in [2.45, 2.75) is 17.1 Å². The van der Waals surface area contributed by atoms with E-state index in [-0.39, 0.29) is 6.42 Å². The Labute approximate surface area is 111 Å². The molecule has 0 N–H and O–H groups in total. The van der Waals surface area contributed by atoms with Crippen molar-refractivity contribution >= 4 is 27.7 Å². The van der Waals surface area contributed by atoms with Gasteiger partial charge in [0, 0.05) is 9.37 Å². The van der Waals surface area contributed by atoms with Gasteiger partial charge in [-0.25, -0.2) is 0 Å². The molecular formula is C11H8BrN3OS. The second kappa shape index (κ2) is 5.84. The van der Waals surface area contributed by atoms with Crippen molar-refractivity contribution < 1.29 is 4.52 Å². The van der Waals surface area contributed by atoms with Crippen molar-refractivity contribution in [2.24, 2.45) is 0 Å². The minimum atomic E-state index is 0.159. The first-order chi connectivity index (χ1) is 8.29. The van der Waals surface area contributed by atoms with E-state index in [4.69, 9.17) is 9.78 Å². The van der Waals surface area contributed by atoms with Gasteiger partial charge in [0.1, 0.15) is 6.42 Å². The number of aromatic nitrogens is 2. The predicted octanol–water partition coefficient (Wildman–Crippen LogP) is 3.19. The second-order valence-electron chi connectivity index (χ2n) is 3.16. The number of nitriles is 1. The normalized spacial score (nSPS) is 10.1. The molecule has 2 aromatic rings. The van der Waals surface area contributed by atoms with Crippen molar-refractivity contribution in [2.75, 3.05) is 0 Å². The summed E-state index contributed by atoms with van der Waals surface area (Å²) in [6.07, 6.45) is 0.159. The van der Waals surface area contributed by atoms with Crippen LogP contribution in [0.4, 0.5) is 0 Å². The molecule has 1 heterocycles. The van der Waals surface area contributed by atoms with Crippen LogP contribution in [0.15, 0.2) is 38.2 Å². The zero-order valence-electron chi connectivity index (χ0n) is 8.76. The van der Waals surface area contributed by atoms with Crippen LogP contribution in [0.1, 0.15) is 11.7 Å². The fraction of sp³-hybridized carbons (Fsp3) is 0.182. The lowest BCUT2D eigenvalue weighted by Crippen LogP contribution is -1.86. The fourth-order valence-electron chi connectivity index (χ4n) is 1.19. The topological polar surface area (TPSA) is 62.7 Å². The van der Waals surface area contributed by atoms with Crippen LogP contribution in [0.5, 0.6) is 0 Å². The average molecular weight is 310 g/mol. The molecule has 86 valence electrons. The van der Waals surface area contributed by atoms with Gasteiger partial charge in [0.05, 0.1) is 11.8 Å². The third-order valence-corrected chi connectivity index (χ3v) is 3.96. The molecule has 0 spiro atoms. The number of halogens is 1. The van der Waals surface area contributed by atoms with Crippen LogP contribution >= 0.6 is 27.7 Å². The highest BCUT2D eigenvalue weighted by Crippen LogP contribution is 2.28. The lowest BCUT2D eigenvalue weighted by Gasteiger charge is -2.00. The fourth-order valence-corrected chi connectivity index (χ4v) is 2.60. The molecule has 4 nitrogen and oxygen atoms in total. The molecule has 2 rings (SSSR count). The maximum atomic E-state index is 8.48. The van der Waals surface area contributed by atoms with Crippen LogP contribution in [-0.2, 0) is 12.2 Å². The van der Waals surface area contributed by atoms with Crippen LogP contribution < -0.4 is 0 Å². The van der Waals surface area contributed by atoms with E-state index in [1.807, 2.05) is 30.3 Å². The Bertz CT molecular complexity index is 550. The molecule has 1 aromatic carbocycles. The molecule has 0 aliphatic rings. The molecule has 0 saturated heterocycles. The van der Waals surface area contributed by atoms with Crippen molar-refractivity contribution in [1.82, 2.24) is 10.1 Å². The first-order valence-corrected chi connectivity index (χ1v) is 6.63. The summed E-state index contributed by atoms with van der Waals surface area (Å²) in [6.45, 7) is 0. The molecule has 0 unspecified atom stereocenters. The number of hydrogen-bond donors (Lipinski definition) is 0. The van der Waals surface area contributed by atoms with Gasteiger partial charge in [-0.2, -0.15) is 10.2 Å². The summed E-state index contributed by atoms with van der Waals surface area (Å²) in [4.78, 5) is 5.23. The zero-order valence-corrected chi connectivity index (χ0v) is 11.2. The first kappa shape index (κ1) is 12.1. The maximum absolute atomic E-state index is 8.48. The Balaban J connectivity index is 1.98. The first-order valence-electron chi connectivity index (χ1n) is 4.85. The quantitative estimate of drug-likeness (QED) is 0.812. The van der Waals surface area contributed by atoms with E-state index < -0.39 is 0 Å². The molecule has 0 aliphatic heterocycles. The van der Waals surface area contributed by atoms with Gasteiger partial charge in [0.25, 0.3) is 0 Å². The van der Waals surface area contributed by atoms with Crippen LogP contribution in [0, 0.1) is 11.3 Å². The summed E-state index contributed by atoms with van der Waals surface area (Å²) in [5, 5.41) is 12.3. The van der Waals surface area contributed by atoms with E-state index in [0.29, 0.717) is 17.5 Å². The Morgan fingerprint density at radius 2 is 2.24 bits per heavy atom. The summed E-state index contributed by atoms with van der Waals surface area (Å²) in [7, 11) is 0. The molecule has 0 saturated carbocycles. The molecule has 0 fully saturated rings. The number of nitrogens with zero attached hydrogens (tertiary/aromatic N) is 3. The number of thioether (sulfide) groups is 1. The minimum absolute atomic E-state index is 0.159. The summed E-state index contributed by atoms with van der Waals surface area (Å²) < 4.78 is 5.96. The van der Waals surface area contributed by atoms with E-state index in [1.165, 1.54) is 0 Å². The zero-order chi connectivity index (χ0) is 12.1. The van der Waals surface area contributed by atoms with Gasteiger partial charge in [-0.1, -0.05) is 17.3 Å². The van der Waals surface area contributed by atoms with Gasteiger partial charge >= 0.3 is 0 Å². The number of rotatable bonds is 4. The van der Waals surface area contributed by atoms with Gasteiger partial charge in [0.2, 0.25) is 5.89 Å². The molecule has 17 heavy (non-hydrogen) atoms. The maximum Gasteiger partial charge on any atom is 0.240 e. The number of benzene rings is 1. The van der Waals surface area contributed by atoms with Crippen LogP contribution in [0.25, 0.3) is 0 Å². The van der Waals surface area contributed by atoms with E-state index in [0.717, 1.165) is 9.37 Å². The number of hydrogen-bond acceptors (Lipinski definition) is 5. The SMILES string of the molecule is N#CCc1nc(CSc2ccccc2Br)no1. The third kappa shape index (κ3) is 3.32. The van der Waals surface area contributed by atoms with E-state index >= 15 is 0 Å². The molecular weight excluding hydrogens is 302 g/mol. The minimum Gasteiger partial charge on any atom is -0.338 e. The highest BCUT2D eigenvalue weighted by molar-refractivity contribution is 9.10. The highest BCUT2D eigenvalue weighted by Gasteiger charge is 2.07. The van der Waals surface area contributed by atoms with E-state index in [9.17, 15) is 0 Å². The lowest BCUT2D eigenvalue weighted by molar-refractivity contribution is 0.383. The van der Waals surface area contributed by atoms with Crippen molar-refractivity contribution in [3.8, 4) is 6.07 Å². The Morgan fingerprint density at radius 1 is 1.41 bits per heavy atom. The molecule has 6 heteroatoms. The summed E-state index contributed by atoms with van der Waals surface area (Å²) >= 11 is 5.09. The monoisotopic (exact) mass is 309 g/mol. The van der Waals surface area contributed by atoms with Crippen molar-refractivity contribution in [3.63, 3.8) is 0 Å². The third-order valence-electron chi connectivity index (χ3n) is 1.93. The molecule has 0 aliphatic carbocycles. The molecule has 0 amide bonds. The van der Waals surface area contributed by atoms with Gasteiger partial charge < -0.3 is 4.52 Å². The molecule has 1 aromatic heterocycles.